The number of nitrogens with zero attached hydrogens (tertiary/aromatic N) is 1. The fraction of sp³-hybridized carbons (Fsp3) is 0.368. The zero-order valence-corrected chi connectivity index (χ0v) is 15.7. The van der Waals surface area contributed by atoms with Gasteiger partial charge in [0, 0.05) is 18.9 Å². The van der Waals surface area contributed by atoms with Gasteiger partial charge >= 0.3 is 11.9 Å². The number of anilines is 1. The number of rotatable bonds is 4. The van der Waals surface area contributed by atoms with Gasteiger partial charge in [-0.3, -0.25) is 19.2 Å². The van der Waals surface area contributed by atoms with Crippen LogP contribution in [-0.4, -0.2) is 41.7 Å². The van der Waals surface area contributed by atoms with Gasteiger partial charge in [0.15, 0.2) is 5.60 Å². The van der Waals surface area contributed by atoms with E-state index in [0.29, 0.717) is 10.7 Å². The summed E-state index contributed by atoms with van der Waals surface area (Å²) in [5.74, 6) is -4.23. The highest BCUT2D eigenvalue weighted by Crippen LogP contribution is 2.54. The lowest BCUT2D eigenvalue weighted by molar-refractivity contribution is -0.226. The van der Waals surface area contributed by atoms with Crippen LogP contribution in [0.3, 0.4) is 0 Å². The minimum Gasteiger partial charge on any atom is -0.422 e. The first-order valence-corrected chi connectivity index (χ1v) is 8.97. The van der Waals surface area contributed by atoms with Crippen LogP contribution in [0.15, 0.2) is 36.4 Å². The van der Waals surface area contributed by atoms with Gasteiger partial charge in [-0.15, -0.1) is 0 Å². The second-order valence-corrected chi connectivity index (χ2v) is 7.28. The smallest absolute Gasteiger partial charge is 0.305 e. The number of carbonyl (C=O) groups is 4. The van der Waals surface area contributed by atoms with Crippen molar-refractivity contribution in [1.82, 2.24) is 0 Å². The molecule has 2 bridgehead atoms. The molecule has 0 unspecified atom stereocenters. The predicted molar refractivity (Wildman–Crippen MR) is 95.0 cm³/mol. The second-order valence-electron chi connectivity index (χ2n) is 6.84. The molecule has 8 nitrogen and oxygen atoms in total. The minimum absolute atomic E-state index is 0.336. The van der Waals surface area contributed by atoms with Crippen molar-refractivity contribution in [1.29, 1.82) is 0 Å². The summed E-state index contributed by atoms with van der Waals surface area (Å²) < 4.78 is 16.2. The largest absolute Gasteiger partial charge is 0.422 e. The first kappa shape index (κ1) is 18.6. The molecule has 0 radical (unpaired) electrons. The molecule has 146 valence electrons. The molecule has 1 aromatic carbocycles. The lowest BCUT2D eigenvalue weighted by Gasteiger charge is -2.34. The van der Waals surface area contributed by atoms with Crippen LogP contribution in [0.4, 0.5) is 5.69 Å². The third-order valence-electron chi connectivity index (χ3n) is 5.06. The molecule has 1 aromatic rings. The standard InChI is InChI=1S/C19H16ClNO7/c1-9(22)26-18(27-10(2)23)19-7-6-13(28-19)14-15(19)17(25)21(16(14)24)12-5-3-4-11(20)8-12/h3-8,13-15,18H,1-2H3/t13-,14-,15+,19-/m0/s1. The van der Waals surface area contributed by atoms with Crippen molar-refractivity contribution in [3.8, 4) is 0 Å². The summed E-state index contributed by atoms with van der Waals surface area (Å²) in [7, 11) is 0. The molecule has 9 heteroatoms. The van der Waals surface area contributed by atoms with Crippen LogP contribution >= 0.6 is 11.6 Å². The maximum absolute atomic E-state index is 13.2. The van der Waals surface area contributed by atoms with E-state index >= 15 is 0 Å². The van der Waals surface area contributed by atoms with Crippen LogP contribution in [0, 0.1) is 11.8 Å². The number of carbonyl (C=O) groups excluding carboxylic acids is 4. The Hall–Kier alpha value is -2.71. The molecular formula is C19H16ClNO7. The van der Waals surface area contributed by atoms with E-state index in [1.165, 1.54) is 12.1 Å². The second kappa shape index (κ2) is 6.42. The summed E-state index contributed by atoms with van der Waals surface area (Å²) in [6.45, 7) is 2.30. The van der Waals surface area contributed by atoms with E-state index in [2.05, 4.69) is 0 Å². The number of hydrogen-bond acceptors (Lipinski definition) is 7. The van der Waals surface area contributed by atoms with Crippen molar-refractivity contribution in [2.45, 2.75) is 31.8 Å². The van der Waals surface area contributed by atoms with Gasteiger partial charge in [0.1, 0.15) is 0 Å². The molecule has 0 aliphatic carbocycles. The highest BCUT2D eigenvalue weighted by Gasteiger charge is 2.72. The average Bonchev–Trinajstić information content (AvgIpc) is 3.25. The highest BCUT2D eigenvalue weighted by atomic mass is 35.5. The Balaban J connectivity index is 1.75. The van der Waals surface area contributed by atoms with Gasteiger partial charge in [0.25, 0.3) is 6.29 Å². The van der Waals surface area contributed by atoms with E-state index in [9.17, 15) is 19.2 Å². The van der Waals surface area contributed by atoms with Crippen LogP contribution in [-0.2, 0) is 33.4 Å². The van der Waals surface area contributed by atoms with Crippen molar-refractivity contribution in [2.24, 2.45) is 11.8 Å². The zero-order chi connectivity index (χ0) is 20.2. The third-order valence-corrected chi connectivity index (χ3v) is 5.29. The molecule has 2 fully saturated rings. The van der Waals surface area contributed by atoms with Crippen molar-refractivity contribution < 1.29 is 33.4 Å². The summed E-state index contributed by atoms with van der Waals surface area (Å²) in [4.78, 5) is 50.5. The molecule has 3 aliphatic rings. The monoisotopic (exact) mass is 405 g/mol. The maximum Gasteiger partial charge on any atom is 0.305 e. The molecular weight excluding hydrogens is 390 g/mol. The average molecular weight is 406 g/mol. The van der Waals surface area contributed by atoms with Gasteiger partial charge in [-0.05, 0) is 24.3 Å². The Labute approximate surface area is 165 Å². The molecule has 0 N–H and O–H groups in total. The Bertz CT molecular complexity index is 913. The number of imide groups is 1. The third kappa shape index (κ3) is 2.63. The van der Waals surface area contributed by atoms with Gasteiger partial charge in [-0.25, -0.2) is 4.90 Å². The number of halogens is 1. The topological polar surface area (TPSA) is 99.2 Å². The normalized spacial score (nSPS) is 30.1. The van der Waals surface area contributed by atoms with E-state index in [-0.39, 0.29) is 0 Å². The number of hydrogen-bond donors (Lipinski definition) is 0. The molecule has 0 aromatic heterocycles. The van der Waals surface area contributed by atoms with Crippen LogP contribution in [0.25, 0.3) is 0 Å². The fourth-order valence-corrected chi connectivity index (χ4v) is 4.27. The maximum atomic E-state index is 13.2. The van der Waals surface area contributed by atoms with Crippen molar-refractivity contribution >= 4 is 41.0 Å². The lowest BCUT2D eigenvalue weighted by Crippen LogP contribution is -2.52. The highest BCUT2D eigenvalue weighted by molar-refractivity contribution is 6.31. The molecule has 0 spiro atoms. The minimum atomic E-state index is -1.56. The van der Waals surface area contributed by atoms with Crippen LogP contribution in [0.2, 0.25) is 5.02 Å². The quantitative estimate of drug-likeness (QED) is 0.324. The Morgan fingerprint density at radius 1 is 1.18 bits per heavy atom. The Morgan fingerprint density at radius 2 is 1.86 bits per heavy atom. The fourth-order valence-electron chi connectivity index (χ4n) is 4.09. The molecule has 4 atom stereocenters. The summed E-state index contributed by atoms with van der Waals surface area (Å²) in [6.07, 6.45) is 0.963. The van der Waals surface area contributed by atoms with Gasteiger partial charge < -0.3 is 14.2 Å². The first-order chi connectivity index (χ1) is 13.2. The summed E-state index contributed by atoms with van der Waals surface area (Å²) in [5.41, 5.74) is -1.23. The van der Waals surface area contributed by atoms with Crippen LogP contribution < -0.4 is 4.90 Å². The van der Waals surface area contributed by atoms with Crippen LogP contribution in [0.1, 0.15) is 13.8 Å². The number of ether oxygens (including phenoxy) is 3. The first-order valence-electron chi connectivity index (χ1n) is 8.59. The Morgan fingerprint density at radius 3 is 2.46 bits per heavy atom. The summed E-state index contributed by atoms with van der Waals surface area (Å²) in [5, 5.41) is 0.375. The van der Waals surface area contributed by atoms with E-state index in [1.54, 1.807) is 24.3 Å². The SMILES string of the molecule is CC(=O)OC(OC(C)=O)[C@@]12C=C[C@H](O1)[C@@H]1C(=O)N(c3cccc(Cl)c3)C(=O)[C@@H]12. The molecule has 2 amide bonds. The molecule has 3 heterocycles. The molecule has 0 saturated carbocycles. The zero-order valence-electron chi connectivity index (χ0n) is 15.0. The molecule has 2 saturated heterocycles. The van der Waals surface area contributed by atoms with Gasteiger partial charge in [-0.1, -0.05) is 23.7 Å². The number of amides is 2. The van der Waals surface area contributed by atoms with E-state index in [4.69, 9.17) is 25.8 Å². The summed E-state index contributed by atoms with van der Waals surface area (Å²) in [6, 6.07) is 6.37. The number of fused-ring (bicyclic) bond motifs is 5. The molecule has 28 heavy (non-hydrogen) atoms. The van der Waals surface area contributed by atoms with Gasteiger partial charge in [-0.2, -0.15) is 0 Å². The lowest BCUT2D eigenvalue weighted by atomic mass is 9.76. The van der Waals surface area contributed by atoms with Gasteiger partial charge in [0.05, 0.1) is 23.6 Å². The molecule has 3 aliphatic heterocycles. The van der Waals surface area contributed by atoms with Crippen molar-refractivity contribution in [3.63, 3.8) is 0 Å². The molecule has 4 rings (SSSR count). The van der Waals surface area contributed by atoms with Crippen molar-refractivity contribution in [3.05, 3.63) is 41.4 Å². The van der Waals surface area contributed by atoms with E-state index in [0.717, 1.165) is 18.7 Å². The Kier molecular flexibility index (Phi) is 4.28. The van der Waals surface area contributed by atoms with Crippen LogP contribution in [0.5, 0.6) is 0 Å². The predicted octanol–water partition coefficient (Wildman–Crippen LogP) is 1.61. The van der Waals surface area contributed by atoms with E-state index < -0.39 is 53.6 Å². The summed E-state index contributed by atoms with van der Waals surface area (Å²) >= 11 is 6.00. The van der Waals surface area contributed by atoms with Gasteiger partial charge in [0.2, 0.25) is 11.8 Å². The number of benzene rings is 1. The van der Waals surface area contributed by atoms with Crippen molar-refractivity contribution in [2.75, 3.05) is 4.90 Å². The van der Waals surface area contributed by atoms with E-state index in [1.807, 2.05) is 0 Å². The number of esters is 2.